The van der Waals surface area contributed by atoms with Gasteiger partial charge in [0.1, 0.15) is 0 Å². The Morgan fingerprint density at radius 2 is 2.33 bits per heavy atom. The van der Waals surface area contributed by atoms with Crippen molar-refractivity contribution in [1.82, 2.24) is 9.88 Å². The highest BCUT2D eigenvalue weighted by Gasteiger charge is 1.97. The van der Waals surface area contributed by atoms with E-state index in [0.717, 1.165) is 13.0 Å². The second-order valence-corrected chi connectivity index (χ2v) is 3.50. The molecule has 0 amide bonds. The van der Waals surface area contributed by atoms with Crippen molar-refractivity contribution < 1.29 is 4.74 Å². The topological polar surface area (TPSA) is 49.1 Å². The summed E-state index contributed by atoms with van der Waals surface area (Å²) in [6.07, 6.45) is 2.53. The van der Waals surface area contributed by atoms with Crippen LogP contribution in [0.25, 0.3) is 0 Å². The first-order chi connectivity index (χ1) is 7.22. The van der Waals surface area contributed by atoms with Crippen molar-refractivity contribution in [2.75, 3.05) is 27.2 Å². The largest absolute Gasteiger partial charge is 0.478 e. The molecule has 0 aromatic carbocycles. The van der Waals surface area contributed by atoms with E-state index in [4.69, 9.17) is 10.00 Å². The normalized spacial score (nSPS) is 10.0. The zero-order valence-corrected chi connectivity index (χ0v) is 9.10. The van der Waals surface area contributed by atoms with Crippen LogP contribution in [-0.4, -0.2) is 37.1 Å². The van der Waals surface area contributed by atoms with Crippen molar-refractivity contribution in [3.05, 3.63) is 23.9 Å². The SMILES string of the molecule is CN(C)CCCOc1cc(C#N)ccn1. The second kappa shape index (κ2) is 5.99. The molecule has 0 spiro atoms. The van der Waals surface area contributed by atoms with Gasteiger partial charge in [-0.2, -0.15) is 5.26 Å². The Kier molecular flexibility index (Phi) is 4.58. The molecule has 0 unspecified atom stereocenters. The van der Waals surface area contributed by atoms with Crippen molar-refractivity contribution in [3.63, 3.8) is 0 Å². The molecule has 0 aliphatic rings. The minimum atomic E-state index is 0.521. The van der Waals surface area contributed by atoms with E-state index in [-0.39, 0.29) is 0 Å². The van der Waals surface area contributed by atoms with Gasteiger partial charge in [0.25, 0.3) is 0 Å². The maximum absolute atomic E-state index is 8.67. The number of hydrogen-bond acceptors (Lipinski definition) is 4. The minimum absolute atomic E-state index is 0.521. The highest BCUT2D eigenvalue weighted by molar-refractivity contribution is 5.31. The molecule has 0 N–H and O–H groups in total. The van der Waals surface area contributed by atoms with Crippen LogP contribution in [0.15, 0.2) is 18.3 Å². The van der Waals surface area contributed by atoms with Crippen molar-refractivity contribution in [2.45, 2.75) is 6.42 Å². The van der Waals surface area contributed by atoms with Gasteiger partial charge in [-0.05, 0) is 26.6 Å². The highest BCUT2D eigenvalue weighted by Crippen LogP contribution is 2.08. The van der Waals surface area contributed by atoms with Gasteiger partial charge in [0, 0.05) is 18.8 Å². The summed E-state index contributed by atoms with van der Waals surface area (Å²) >= 11 is 0. The van der Waals surface area contributed by atoms with Crippen molar-refractivity contribution in [3.8, 4) is 11.9 Å². The number of rotatable bonds is 5. The van der Waals surface area contributed by atoms with E-state index >= 15 is 0 Å². The second-order valence-electron chi connectivity index (χ2n) is 3.50. The number of hydrogen-bond donors (Lipinski definition) is 0. The Labute approximate surface area is 90.1 Å². The van der Waals surface area contributed by atoms with Gasteiger partial charge in [-0.25, -0.2) is 4.98 Å². The molecule has 80 valence electrons. The first-order valence-electron chi connectivity index (χ1n) is 4.86. The molecule has 0 atom stereocenters. The summed E-state index contributed by atoms with van der Waals surface area (Å²) in [4.78, 5) is 6.12. The summed E-state index contributed by atoms with van der Waals surface area (Å²) < 4.78 is 5.41. The zero-order valence-electron chi connectivity index (χ0n) is 9.10. The molecule has 0 aliphatic heterocycles. The molecule has 4 nitrogen and oxygen atoms in total. The van der Waals surface area contributed by atoms with Crippen LogP contribution in [0.5, 0.6) is 5.88 Å². The fraction of sp³-hybridized carbons (Fsp3) is 0.455. The van der Waals surface area contributed by atoms with Crippen LogP contribution in [0.2, 0.25) is 0 Å². The maximum Gasteiger partial charge on any atom is 0.214 e. The molecular weight excluding hydrogens is 190 g/mol. The molecule has 1 rings (SSSR count). The monoisotopic (exact) mass is 205 g/mol. The number of nitrogens with zero attached hydrogens (tertiary/aromatic N) is 3. The summed E-state index contributed by atoms with van der Waals surface area (Å²) in [5.74, 6) is 0.521. The van der Waals surface area contributed by atoms with Gasteiger partial charge in [-0.3, -0.25) is 0 Å². The first-order valence-corrected chi connectivity index (χ1v) is 4.86. The molecule has 0 saturated heterocycles. The number of aromatic nitrogens is 1. The van der Waals surface area contributed by atoms with Crippen LogP contribution in [-0.2, 0) is 0 Å². The quantitative estimate of drug-likeness (QED) is 0.679. The first kappa shape index (κ1) is 11.5. The number of pyridine rings is 1. The van der Waals surface area contributed by atoms with E-state index in [0.29, 0.717) is 18.1 Å². The third kappa shape index (κ3) is 4.43. The summed E-state index contributed by atoms with van der Waals surface area (Å²) in [7, 11) is 4.04. The number of nitriles is 1. The highest BCUT2D eigenvalue weighted by atomic mass is 16.5. The Balaban J connectivity index is 2.35. The summed E-state index contributed by atoms with van der Waals surface area (Å²) in [6.45, 7) is 1.61. The fourth-order valence-electron chi connectivity index (χ4n) is 1.12. The molecule has 0 radical (unpaired) electrons. The molecular formula is C11H15N3O. The predicted octanol–water partition coefficient (Wildman–Crippen LogP) is 1.28. The zero-order chi connectivity index (χ0) is 11.1. The van der Waals surface area contributed by atoms with Crippen LogP contribution in [0.4, 0.5) is 0 Å². The molecule has 0 bridgehead atoms. The van der Waals surface area contributed by atoms with Gasteiger partial charge in [0.2, 0.25) is 5.88 Å². The van der Waals surface area contributed by atoms with Gasteiger partial charge in [0.05, 0.1) is 18.2 Å². The summed E-state index contributed by atoms with van der Waals surface area (Å²) in [6, 6.07) is 5.36. The maximum atomic E-state index is 8.67. The third-order valence-electron chi connectivity index (χ3n) is 1.86. The Hall–Kier alpha value is -1.60. The average molecular weight is 205 g/mol. The van der Waals surface area contributed by atoms with E-state index in [1.54, 1.807) is 18.3 Å². The molecule has 4 heteroatoms. The lowest BCUT2D eigenvalue weighted by molar-refractivity contribution is 0.273. The van der Waals surface area contributed by atoms with E-state index in [1.165, 1.54) is 0 Å². The Morgan fingerprint density at radius 1 is 1.53 bits per heavy atom. The van der Waals surface area contributed by atoms with E-state index in [2.05, 4.69) is 9.88 Å². The van der Waals surface area contributed by atoms with Gasteiger partial charge in [0.15, 0.2) is 0 Å². The van der Waals surface area contributed by atoms with Crippen LogP contribution < -0.4 is 4.74 Å². The van der Waals surface area contributed by atoms with Crippen molar-refractivity contribution >= 4 is 0 Å². The predicted molar refractivity (Wildman–Crippen MR) is 57.6 cm³/mol. The Morgan fingerprint density at radius 3 is 3.00 bits per heavy atom. The molecule has 1 aromatic rings. The lowest BCUT2D eigenvalue weighted by Gasteiger charge is -2.09. The van der Waals surface area contributed by atoms with Crippen LogP contribution in [0.1, 0.15) is 12.0 Å². The molecule has 0 saturated carbocycles. The lowest BCUT2D eigenvalue weighted by atomic mass is 10.3. The molecule has 0 aliphatic carbocycles. The van der Waals surface area contributed by atoms with Crippen LogP contribution >= 0.6 is 0 Å². The van der Waals surface area contributed by atoms with Crippen molar-refractivity contribution in [1.29, 1.82) is 5.26 Å². The van der Waals surface area contributed by atoms with Gasteiger partial charge < -0.3 is 9.64 Å². The molecule has 1 heterocycles. The van der Waals surface area contributed by atoms with E-state index in [9.17, 15) is 0 Å². The Bertz CT molecular complexity index is 344. The summed E-state index contributed by atoms with van der Waals surface area (Å²) in [5, 5.41) is 8.67. The minimum Gasteiger partial charge on any atom is -0.478 e. The summed E-state index contributed by atoms with van der Waals surface area (Å²) in [5.41, 5.74) is 0.576. The standard InChI is InChI=1S/C11H15N3O/c1-14(2)6-3-7-15-11-8-10(9-12)4-5-13-11/h4-5,8H,3,6-7H2,1-2H3. The average Bonchev–Trinajstić information content (AvgIpc) is 2.24. The van der Waals surface area contributed by atoms with Crippen molar-refractivity contribution in [2.24, 2.45) is 0 Å². The van der Waals surface area contributed by atoms with Crippen LogP contribution in [0, 0.1) is 11.3 Å². The molecule has 15 heavy (non-hydrogen) atoms. The van der Waals surface area contributed by atoms with E-state index < -0.39 is 0 Å². The van der Waals surface area contributed by atoms with Crippen LogP contribution in [0.3, 0.4) is 0 Å². The molecule has 1 aromatic heterocycles. The smallest absolute Gasteiger partial charge is 0.214 e. The van der Waals surface area contributed by atoms with E-state index in [1.807, 2.05) is 20.2 Å². The lowest BCUT2D eigenvalue weighted by Crippen LogP contribution is -2.15. The van der Waals surface area contributed by atoms with Gasteiger partial charge in [-0.1, -0.05) is 0 Å². The number of ether oxygens (including phenoxy) is 1. The molecule has 0 fully saturated rings. The van der Waals surface area contributed by atoms with Gasteiger partial charge >= 0.3 is 0 Å². The third-order valence-corrected chi connectivity index (χ3v) is 1.86. The van der Waals surface area contributed by atoms with Gasteiger partial charge in [-0.15, -0.1) is 0 Å². The fourth-order valence-corrected chi connectivity index (χ4v) is 1.12.